The number of nitrogens with zero attached hydrogens (tertiary/aromatic N) is 3. The van der Waals surface area contributed by atoms with Crippen LogP contribution < -0.4 is 9.64 Å². The number of halogens is 2. The van der Waals surface area contributed by atoms with Crippen LogP contribution in [0.15, 0.2) is 59.7 Å². The Bertz CT molecular complexity index is 1000. The van der Waals surface area contributed by atoms with Crippen LogP contribution >= 0.6 is 0 Å². The van der Waals surface area contributed by atoms with Crippen LogP contribution in [0, 0.1) is 18.6 Å². The molecular weight excluding hydrogens is 348 g/mol. The van der Waals surface area contributed by atoms with E-state index in [0.29, 0.717) is 12.3 Å². The molecule has 0 unspecified atom stereocenters. The molecule has 3 aromatic rings. The van der Waals surface area contributed by atoms with E-state index in [1.54, 1.807) is 18.6 Å². The average molecular weight is 365 g/mol. The van der Waals surface area contributed by atoms with E-state index in [0.717, 1.165) is 22.6 Å². The van der Waals surface area contributed by atoms with E-state index >= 15 is 0 Å². The van der Waals surface area contributed by atoms with Crippen LogP contribution in [0.2, 0.25) is 0 Å². The number of fused-ring (bicyclic) bond motifs is 1. The lowest BCUT2D eigenvalue weighted by atomic mass is 10.1. The summed E-state index contributed by atoms with van der Waals surface area (Å²) in [6, 6.07) is 13.1. The summed E-state index contributed by atoms with van der Waals surface area (Å²) in [6.07, 6.45) is 3.50. The van der Waals surface area contributed by atoms with Gasteiger partial charge in [-0.2, -0.15) is 0 Å². The lowest BCUT2D eigenvalue weighted by molar-refractivity contribution is 0.292. The molecule has 6 heteroatoms. The van der Waals surface area contributed by atoms with Gasteiger partial charge in [0, 0.05) is 18.0 Å². The summed E-state index contributed by atoms with van der Waals surface area (Å²) in [5.74, 6) is -0.708. The smallest absolute Gasteiger partial charge is 0.132 e. The third-order valence-corrected chi connectivity index (χ3v) is 4.46. The van der Waals surface area contributed by atoms with Crippen molar-refractivity contribution in [2.75, 3.05) is 4.90 Å². The molecule has 0 aliphatic carbocycles. The molecule has 4 nitrogen and oxygen atoms in total. The van der Waals surface area contributed by atoms with Crippen LogP contribution in [0.1, 0.15) is 16.8 Å². The highest BCUT2D eigenvalue weighted by Gasteiger charge is 2.17. The van der Waals surface area contributed by atoms with E-state index in [1.165, 1.54) is 18.2 Å². The van der Waals surface area contributed by atoms with Crippen LogP contribution in [0.25, 0.3) is 0 Å². The quantitative estimate of drug-likeness (QED) is 0.658. The topological polar surface area (TPSA) is 37.7 Å². The first-order valence-electron chi connectivity index (χ1n) is 8.53. The molecule has 0 spiro atoms. The molecule has 1 aliphatic heterocycles. The zero-order valence-corrected chi connectivity index (χ0v) is 14.7. The van der Waals surface area contributed by atoms with Gasteiger partial charge in [-0.25, -0.2) is 13.8 Å². The Hall–Kier alpha value is -3.28. The minimum Gasteiger partial charge on any atom is -0.489 e. The third kappa shape index (κ3) is 3.51. The highest BCUT2D eigenvalue weighted by Crippen LogP contribution is 2.30. The minimum atomic E-state index is -0.617. The van der Waals surface area contributed by atoms with Gasteiger partial charge in [0.15, 0.2) is 0 Å². The fourth-order valence-corrected chi connectivity index (χ4v) is 2.96. The van der Waals surface area contributed by atoms with Crippen LogP contribution in [-0.2, 0) is 13.2 Å². The molecule has 0 fully saturated rings. The Balaban J connectivity index is 1.56. The predicted octanol–water partition coefficient (Wildman–Crippen LogP) is 4.93. The lowest BCUT2D eigenvalue weighted by Gasteiger charge is -2.25. The first kappa shape index (κ1) is 17.1. The molecule has 27 heavy (non-hydrogen) atoms. The van der Waals surface area contributed by atoms with Gasteiger partial charge in [-0.1, -0.05) is 12.1 Å². The summed E-state index contributed by atoms with van der Waals surface area (Å²) in [5.41, 5.74) is 3.59. The summed E-state index contributed by atoms with van der Waals surface area (Å²) in [5, 5.41) is 0. The number of hydrogen-bond donors (Lipinski definition) is 0. The average Bonchev–Trinajstić information content (AvgIpc) is 2.68. The number of benzene rings is 2. The summed E-state index contributed by atoms with van der Waals surface area (Å²) in [4.78, 5) is 10.8. The first-order valence-corrected chi connectivity index (χ1v) is 8.53. The first-order chi connectivity index (χ1) is 13.1. The van der Waals surface area contributed by atoms with Gasteiger partial charge in [0.25, 0.3) is 0 Å². The summed E-state index contributed by atoms with van der Waals surface area (Å²) in [6.45, 7) is 2.39. The highest BCUT2D eigenvalue weighted by molar-refractivity contribution is 5.85. The maximum absolute atomic E-state index is 13.8. The lowest BCUT2D eigenvalue weighted by Crippen LogP contribution is -2.24. The van der Waals surface area contributed by atoms with Gasteiger partial charge < -0.3 is 9.64 Å². The van der Waals surface area contributed by atoms with Crippen molar-refractivity contribution in [3.63, 3.8) is 0 Å². The second kappa shape index (κ2) is 7.15. The van der Waals surface area contributed by atoms with E-state index in [9.17, 15) is 8.78 Å². The monoisotopic (exact) mass is 365 g/mol. The summed E-state index contributed by atoms with van der Waals surface area (Å²) in [7, 11) is 0. The van der Waals surface area contributed by atoms with Gasteiger partial charge in [-0.15, -0.1) is 0 Å². The number of hydrogen-bond acceptors (Lipinski definition) is 4. The Morgan fingerprint density at radius 1 is 1.07 bits per heavy atom. The minimum absolute atomic E-state index is 0.0858. The van der Waals surface area contributed by atoms with Crippen molar-refractivity contribution in [3.05, 3.63) is 83.2 Å². The van der Waals surface area contributed by atoms with Crippen LogP contribution in [0.3, 0.4) is 0 Å². The van der Waals surface area contributed by atoms with E-state index in [2.05, 4.69) is 9.98 Å². The number of aryl methyl sites for hydroxylation is 1. The summed E-state index contributed by atoms with van der Waals surface area (Å²) < 4.78 is 33.2. The molecule has 136 valence electrons. The maximum atomic E-state index is 13.8. The van der Waals surface area contributed by atoms with Crippen molar-refractivity contribution in [3.8, 4) is 5.75 Å². The maximum Gasteiger partial charge on any atom is 0.132 e. The molecule has 4 rings (SSSR count). The van der Waals surface area contributed by atoms with Crippen LogP contribution in [0.4, 0.5) is 20.2 Å². The predicted molar refractivity (Wildman–Crippen MR) is 100 cm³/mol. The van der Waals surface area contributed by atoms with Gasteiger partial charge in [-0.05, 0) is 42.8 Å². The third-order valence-electron chi connectivity index (χ3n) is 4.46. The Kier molecular flexibility index (Phi) is 4.54. The van der Waals surface area contributed by atoms with E-state index < -0.39 is 11.6 Å². The molecule has 0 saturated carbocycles. The number of pyridine rings is 1. The van der Waals surface area contributed by atoms with Crippen molar-refractivity contribution in [1.82, 2.24) is 4.98 Å². The number of aromatic nitrogens is 1. The van der Waals surface area contributed by atoms with Gasteiger partial charge in [0.1, 0.15) is 24.0 Å². The molecule has 2 heterocycles. The zero-order chi connectivity index (χ0) is 18.8. The van der Waals surface area contributed by atoms with Gasteiger partial charge in [0.2, 0.25) is 0 Å². The van der Waals surface area contributed by atoms with Crippen molar-refractivity contribution in [2.45, 2.75) is 20.1 Å². The Labute approximate surface area is 155 Å². The van der Waals surface area contributed by atoms with Crippen molar-refractivity contribution >= 4 is 17.7 Å². The second-order valence-electron chi connectivity index (χ2n) is 6.28. The Morgan fingerprint density at radius 3 is 2.70 bits per heavy atom. The summed E-state index contributed by atoms with van der Waals surface area (Å²) >= 11 is 0. The fraction of sp³-hybridized carbons (Fsp3) is 0.143. The van der Waals surface area contributed by atoms with Gasteiger partial charge in [0.05, 0.1) is 29.8 Å². The zero-order valence-electron chi connectivity index (χ0n) is 14.7. The number of aliphatic imine (C=N–C) groups is 1. The molecule has 0 N–H and O–H groups in total. The highest BCUT2D eigenvalue weighted by atomic mass is 19.1. The Morgan fingerprint density at radius 2 is 1.89 bits per heavy atom. The van der Waals surface area contributed by atoms with E-state index in [4.69, 9.17) is 4.74 Å². The van der Waals surface area contributed by atoms with Gasteiger partial charge in [-0.3, -0.25) is 4.98 Å². The van der Waals surface area contributed by atoms with Crippen LogP contribution in [-0.4, -0.2) is 11.3 Å². The molecule has 1 aromatic heterocycles. The number of rotatable bonds is 4. The van der Waals surface area contributed by atoms with E-state index in [-0.39, 0.29) is 12.2 Å². The molecule has 0 amide bonds. The second-order valence-corrected chi connectivity index (χ2v) is 6.28. The fourth-order valence-electron chi connectivity index (χ4n) is 2.96. The van der Waals surface area contributed by atoms with Crippen molar-refractivity contribution in [1.29, 1.82) is 0 Å². The van der Waals surface area contributed by atoms with Crippen molar-refractivity contribution < 1.29 is 13.5 Å². The molecule has 0 bridgehead atoms. The van der Waals surface area contributed by atoms with Crippen molar-refractivity contribution in [2.24, 2.45) is 4.99 Å². The molecule has 0 atom stereocenters. The largest absolute Gasteiger partial charge is 0.489 e. The molecule has 0 saturated heterocycles. The van der Waals surface area contributed by atoms with E-state index in [1.807, 2.05) is 36.1 Å². The molecular formula is C21H17F2N3O. The molecule has 0 radical (unpaired) electrons. The van der Waals surface area contributed by atoms with Crippen LogP contribution in [0.5, 0.6) is 5.75 Å². The number of anilines is 1. The standard InChI is InChI=1S/C21H17F2N3O/c1-14-7-8-15(27-12-16-17(22)4-2-5-18(16)23)10-21(14)26-11-20-19(25-13-26)6-3-9-24-20/h2-10,13H,11-12H2,1H3. The van der Waals surface area contributed by atoms with Gasteiger partial charge >= 0.3 is 0 Å². The molecule has 1 aliphatic rings. The normalized spacial score (nSPS) is 12.8. The SMILES string of the molecule is Cc1ccc(OCc2c(F)cccc2F)cc1N1C=Nc2cccnc2C1. The number of ether oxygens (including phenoxy) is 1. The molecule has 2 aromatic carbocycles.